The Morgan fingerprint density at radius 1 is 1.33 bits per heavy atom. The summed E-state index contributed by atoms with van der Waals surface area (Å²) in [6.07, 6.45) is 6.74. The zero-order valence-electron chi connectivity index (χ0n) is 12.9. The molecule has 1 fully saturated rings. The van der Waals surface area contributed by atoms with E-state index in [4.69, 9.17) is 5.73 Å². The molecule has 0 amide bonds. The average molecular weight is 286 g/mol. The highest BCUT2D eigenvalue weighted by Crippen LogP contribution is 2.23. The van der Waals surface area contributed by atoms with E-state index in [1.54, 1.807) is 0 Å². The van der Waals surface area contributed by atoms with E-state index in [9.17, 15) is 0 Å². The first-order valence-electron chi connectivity index (χ1n) is 8.21. The van der Waals surface area contributed by atoms with Gasteiger partial charge in [-0.05, 0) is 56.5 Å². The highest BCUT2D eigenvalue weighted by Gasteiger charge is 2.17. The molecule has 0 spiro atoms. The molecule has 2 heterocycles. The maximum Gasteiger partial charge on any atom is 0.121 e. The van der Waals surface area contributed by atoms with E-state index in [1.165, 1.54) is 45.2 Å². The van der Waals surface area contributed by atoms with Gasteiger partial charge in [0.05, 0.1) is 17.6 Å². The second-order valence-electron chi connectivity index (χ2n) is 6.32. The van der Waals surface area contributed by atoms with Crippen molar-refractivity contribution >= 4 is 16.7 Å². The molecule has 4 heteroatoms. The molecule has 1 aromatic heterocycles. The Labute approximate surface area is 126 Å². The number of benzene rings is 1. The topological polar surface area (TPSA) is 57.9 Å². The summed E-state index contributed by atoms with van der Waals surface area (Å²) in [4.78, 5) is 10.6. The van der Waals surface area contributed by atoms with Crippen molar-refractivity contribution in [3.63, 3.8) is 0 Å². The number of nitrogens with two attached hydrogens (primary N) is 1. The molecule has 1 aromatic carbocycles. The highest BCUT2D eigenvalue weighted by molar-refractivity contribution is 5.78. The van der Waals surface area contributed by atoms with Crippen LogP contribution in [0.1, 0.15) is 44.9 Å². The van der Waals surface area contributed by atoms with Crippen LogP contribution in [0.5, 0.6) is 0 Å². The number of aromatic nitrogens is 2. The lowest BCUT2D eigenvalue weighted by atomic mass is 9.96. The second-order valence-corrected chi connectivity index (χ2v) is 6.32. The smallest absolute Gasteiger partial charge is 0.121 e. The van der Waals surface area contributed by atoms with E-state index in [0.29, 0.717) is 0 Å². The van der Waals surface area contributed by atoms with Gasteiger partial charge in [-0.15, -0.1) is 0 Å². The third-order valence-electron chi connectivity index (χ3n) is 4.57. The summed E-state index contributed by atoms with van der Waals surface area (Å²) in [5.74, 6) is 1.99. The van der Waals surface area contributed by atoms with Crippen LogP contribution in [0.3, 0.4) is 0 Å². The van der Waals surface area contributed by atoms with Gasteiger partial charge >= 0.3 is 0 Å². The quantitative estimate of drug-likeness (QED) is 0.845. The van der Waals surface area contributed by atoms with Crippen molar-refractivity contribution in [2.75, 3.05) is 18.8 Å². The Morgan fingerprint density at radius 2 is 2.24 bits per heavy atom. The molecule has 2 aromatic rings. The summed E-state index contributed by atoms with van der Waals surface area (Å²) in [5, 5.41) is 0. The lowest BCUT2D eigenvalue weighted by molar-refractivity contribution is 0.266. The van der Waals surface area contributed by atoms with Crippen LogP contribution in [0.4, 0.5) is 5.69 Å². The van der Waals surface area contributed by atoms with Crippen LogP contribution in [-0.4, -0.2) is 28.0 Å². The first-order chi connectivity index (χ1) is 10.2. The highest BCUT2D eigenvalue weighted by atomic mass is 15.1. The summed E-state index contributed by atoms with van der Waals surface area (Å²) >= 11 is 0. The third kappa shape index (κ3) is 3.56. The van der Waals surface area contributed by atoms with Gasteiger partial charge in [0.25, 0.3) is 0 Å². The molecule has 1 atom stereocenters. The molecule has 3 N–H and O–H groups in total. The number of fused-ring (bicyclic) bond motifs is 1. The number of anilines is 1. The number of nitrogens with zero attached hydrogens (tertiary/aromatic N) is 2. The average Bonchev–Trinajstić information content (AvgIpc) is 2.72. The summed E-state index contributed by atoms with van der Waals surface area (Å²) in [6, 6.07) is 5.87. The van der Waals surface area contributed by atoms with Gasteiger partial charge in [-0.2, -0.15) is 0 Å². The molecule has 4 nitrogen and oxygen atoms in total. The van der Waals surface area contributed by atoms with Crippen molar-refractivity contribution in [2.24, 2.45) is 5.92 Å². The van der Waals surface area contributed by atoms with Gasteiger partial charge in [0.1, 0.15) is 5.82 Å². The van der Waals surface area contributed by atoms with Gasteiger partial charge < -0.3 is 10.7 Å². The van der Waals surface area contributed by atoms with Crippen LogP contribution in [0.25, 0.3) is 11.0 Å². The van der Waals surface area contributed by atoms with Crippen molar-refractivity contribution in [3.8, 4) is 0 Å². The number of H-pyrrole nitrogens is 1. The van der Waals surface area contributed by atoms with Gasteiger partial charge in [0.15, 0.2) is 0 Å². The number of aromatic amines is 1. The Bertz CT molecular complexity index is 589. The number of rotatable bonds is 4. The fraction of sp³-hybridized carbons (Fsp3) is 0.588. The fourth-order valence-corrected chi connectivity index (χ4v) is 3.45. The molecule has 1 unspecified atom stereocenters. The van der Waals surface area contributed by atoms with Gasteiger partial charge in [-0.3, -0.25) is 4.90 Å². The number of likely N-dealkylation sites (tertiary alicyclic amines) is 1. The standard InChI is InChI=1S/C17H26N4/c1-2-4-13-5-3-9-21(10-8-13)12-17-19-15-7-6-14(18)11-16(15)20-17/h6-7,11,13H,2-5,8-10,12,18H2,1H3,(H,19,20). The van der Waals surface area contributed by atoms with E-state index < -0.39 is 0 Å². The molecule has 0 saturated carbocycles. The predicted octanol–water partition coefficient (Wildman–Crippen LogP) is 3.55. The van der Waals surface area contributed by atoms with Gasteiger partial charge in [0.2, 0.25) is 0 Å². The number of hydrogen-bond donors (Lipinski definition) is 2. The number of nitrogen functional groups attached to an aromatic ring is 1. The Morgan fingerprint density at radius 3 is 3.10 bits per heavy atom. The molecule has 3 rings (SSSR count). The first-order valence-corrected chi connectivity index (χ1v) is 8.21. The molecular formula is C17H26N4. The van der Waals surface area contributed by atoms with E-state index in [0.717, 1.165) is 35.0 Å². The van der Waals surface area contributed by atoms with Crippen molar-refractivity contribution < 1.29 is 0 Å². The normalized spacial score (nSPS) is 20.7. The maximum absolute atomic E-state index is 5.82. The largest absolute Gasteiger partial charge is 0.399 e. The molecule has 0 bridgehead atoms. The Hall–Kier alpha value is -1.55. The van der Waals surface area contributed by atoms with Gasteiger partial charge in [-0.1, -0.05) is 19.8 Å². The van der Waals surface area contributed by atoms with E-state index >= 15 is 0 Å². The molecular weight excluding hydrogens is 260 g/mol. The Kier molecular flexibility index (Phi) is 4.44. The number of imidazole rings is 1. The van der Waals surface area contributed by atoms with Crippen LogP contribution >= 0.6 is 0 Å². The van der Waals surface area contributed by atoms with Crippen molar-refractivity contribution in [1.82, 2.24) is 14.9 Å². The van der Waals surface area contributed by atoms with E-state index in [2.05, 4.69) is 21.8 Å². The maximum atomic E-state index is 5.82. The summed E-state index contributed by atoms with van der Waals surface area (Å²) < 4.78 is 0. The van der Waals surface area contributed by atoms with E-state index in [-0.39, 0.29) is 0 Å². The molecule has 1 saturated heterocycles. The van der Waals surface area contributed by atoms with Crippen LogP contribution in [0.2, 0.25) is 0 Å². The number of hydrogen-bond acceptors (Lipinski definition) is 3. The summed E-state index contributed by atoms with van der Waals surface area (Å²) in [7, 11) is 0. The lowest BCUT2D eigenvalue weighted by Gasteiger charge is -2.18. The van der Waals surface area contributed by atoms with Crippen LogP contribution in [0, 0.1) is 5.92 Å². The zero-order valence-corrected chi connectivity index (χ0v) is 12.9. The predicted molar refractivity (Wildman–Crippen MR) is 88.0 cm³/mol. The zero-order chi connectivity index (χ0) is 14.7. The molecule has 114 valence electrons. The lowest BCUT2D eigenvalue weighted by Crippen LogP contribution is -2.24. The molecule has 0 radical (unpaired) electrons. The minimum absolute atomic E-state index is 0.787. The summed E-state index contributed by atoms with van der Waals surface area (Å²) in [6.45, 7) is 5.61. The van der Waals surface area contributed by atoms with Crippen molar-refractivity contribution in [3.05, 3.63) is 24.0 Å². The minimum atomic E-state index is 0.787. The van der Waals surface area contributed by atoms with E-state index in [1.807, 2.05) is 18.2 Å². The molecule has 1 aliphatic rings. The monoisotopic (exact) mass is 286 g/mol. The molecule has 1 aliphatic heterocycles. The van der Waals surface area contributed by atoms with Gasteiger partial charge in [-0.25, -0.2) is 4.98 Å². The van der Waals surface area contributed by atoms with Crippen LogP contribution < -0.4 is 5.73 Å². The molecule has 21 heavy (non-hydrogen) atoms. The van der Waals surface area contributed by atoms with Crippen LogP contribution in [-0.2, 0) is 6.54 Å². The minimum Gasteiger partial charge on any atom is -0.399 e. The Balaban J connectivity index is 1.64. The van der Waals surface area contributed by atoms with Crippen LogP contribution in [0.15, 0.2) is 18.2 Å². The third-order valence-corrected chi connectivity index (χ3v) is 4.57. The fourth-order valence-electron chi connectivity index (χ4n) is 3.45. The molecule has 0 aliphatic carbocycles. The first kappa shape index (κ1) is 14.4. The second kappa shape index (κ2) is 6.48. The van der Waals surface area contributed by atoms with Crippen molar-refractivity contribution in [2.45, 2.75) is 45.6 Å². The van der Waals surface area contributed by atoms with Crippen molar-refractivity contribution in [1.29, 1.82) is 0 Å². The number of nitrogens with one attached hydrogen (secondary N) is 1. The van der Waals surface area contributed by atoms with Gasteiger partial charge in [0, 0.05) is 5.69 Å². The SMILES string of the molecule is CCCC1CCCN(Cc2nc3ccc(N)cc3[nH]2)CC1. The summed E-state index contributed by atoms with van der Waals surface area (Å²) in [5.41, 5.74) is 8.67.